The Morgan fingerprint density at radius 2 is 1.96 bits per heavy atom. The van der Waals surface area contributed by atoms with Crippen LogP contribution in [0, 0.1) is 0 Å². The van der Waals surface area contributed by atoms with Crippen LogP contribution in [0.3, 0.4) is 0 Å². The molecule has 1 aliphatic carbocycles. The number of ketones is 1. The quantitative estimate of drug-likeness (QED) is 0.879. The Labute approximate surface area is 138 Å². The van der Waals surface area contributed by atoms with E-state index < -0.39 is 11.7 Å². The van der Waals surface area contributed by atoms with Crippen LogP contribution >= 0.6 is 0 Å². The third-order valence-electron chi connectivity index (χ3n) is 4.75. The predicted octanol–water partition coefficient (Wildman–Crippen LogP) is 3.25. The molecule has 0 amide bonds. The lowest BCUT2D eigenvalue weighted by atomic mass is 9.95. The number of carbonyl (C=O) groups is 1. The van der Waals surface area contributed by atoms with E-state index in [2.05, 4.69) is 5.32 Å². The summed E-state index contributed by atoms with van der Waals surface area (Å²) in [4.78, 5) is 12.2. The van der Waals surface area contributed by atoms with Crippen molar-refractivity contribution >= 4 is 5.78 Å². The molecule has 2 aromatic carbocycles. The monoisotopic (exact) mass is 329 g/mol. The molecule has 4 rings (SSSR count). The third-order valence-corrected chi connectivity index (χ3v) is 4.75. The SMILES string of the molecule is O=C(c1ccccc1)C(F)(F)c1ccc2c(c1)C[C@H]1OCCN[C@@H]21. The van der Waals surface area contributed by atoms with Crippen molar-refractivity contribution in [1.82, 2.24) is 5.32 Å². The van der Waals surface area contributed by atoms with E-state index >= 15 is 0 Å². The highest BCUT2D eigenvalue weighted by Crippen LogP contribution is 2.39. The zero-order chi connectivity index (χ0) is 16.7. The van der Waals surface area contributed by atoms with E-state index in [0.29, 0.717) is 13.0 Å². The molecule has 124 valence electrons. The summed E-state index contributed by atoms with van der Waals surface area (Å²) < 4.78 is 35.1. The Morgan fingerprint density at radius 1 is 1.17 bits per heavy atom. The highest BCUT2D eigenvalue weighted by Gasteiger charge is 2.43. The van der Waals surface area contributed by atoms with Crippen LogP contribution in [-0.2, 0) is 17.1 Å². The smallest absolute Gasteiger partial charge is 0.334 e. The zero-order valence-electron chi connectivity index (χ0n) is 13.0. The van der Waals surface area contributed by atoms with Crippen molar-refractivity contribution in [2.24, 2.45) is 0 Å². The first-order valence-electron chi connectivity index (χ1n) is 8.03. The molecule has 0 bridgehead atoms. The number of ether oxygens (including phenoxy) is 1. The molecule has 0 saturated carbocycles. The number of benzene rings is 2. The molecule has 1 saturated heterocycles. The normalized spacial score (nSPS) is 22.8. The van der Waals surface area contributed by atoms with Gasteiger partial charge in [-0.1, -0.05) is 42.5 Å². The van der Waals surface area contributed by atoms with Crippen LogP contribution in [0.5, 0.6) is 0 Å². The van der Waals surface area contributed by atoms with Gasteiger partial charge in [-0.25, -0.2) is 0 Å². The molecule has 0 spiro atoms. The van der Waals surface area contributed by atoms with Gasteiger partial charge in [-0.15, -0.1) is 0 Å². The number of hydrogen-bond acceptors (Lipinski definition) is 3. The minimum absolute atomic E-state index is 0.0116. The standard InChI is InChI=1S/C19H17F2NO2/c20-19(21,18(23)12-4-2-1-3-5-12)14-6-7-15-13(10-14)11-16-17(15)22-8-9-24-16/h1-7,10,16-17,22H,8-9,11H2/t16-,17+/m1/s1. The van der Waals surface area contributed by atoms with E-state index in [0.717, 1.165) is 17.7 Å². The van der Waals surface area contributed by atoms with Crippen LogP contribution in [-0.4, -0.2) is 25.0 Å². The van der Waals surface area contributed by atoms with Crippen molar-refractivity contribution in [3.8, 4) is 0 Å². The second kappa shape index (κ2) is 5.76. The van der Waals surface area contributed by atoms with Crippen LogP contribution in [0.25, 0.3) is 0 Å². The Hall–Kier alpha value is -2.11. The summed E-state index contributed by atoms with van der Waals surface area (Å²) in [6.45, 7) is 1.38. The molecule has 0 aromatic heterocycles. The van der Waals surface area contributed by atoms with Gasteiger partial charge in [-0.05, 0) is 17.2 Å². The first-order chi connectivity index (χ1) is 11.6. The molecule has 0 unspecified atom stereocenters. The molecule has 2 atom stereocenters. The van der Waals surface area contributed by atoms with Crippen molar-refractivity contribution in [1.29, 1.82) is 0 Å². The molecular weight excluding hydrogens is 312 g/mol. The van der Waals surface area contributed by atoms with Gasteiger partial charge in [0.25, 0.3) is 0 Å². The summed E-state index contributed by atoms with van der Waals surface area (Å²) in [5.41, 5.74) is 1.58. The van der Waals surface area contributed by atoms with Crippen molar-refractivity contribution in [3.63, 3.8) is 0 Å². The fraction of sp³-hybridized carbons (Fsp3) is 0.316. The van der Waals surface area contributed by atoms with Gasteiger partial charge in [0.05, 0.1) is 18.8 Å². The number of alkyl halides is 2. The van der Waals surface area contributed by atoms with E-state index in [9.17, 15) is 13.6 Å². The van der Waals surface area contributed by atoms with Gasteiger partial charge in [-0.3, -0.25) is 4.79 Å². The maximum atomic E-state index is 14.7. The lowest BCUT2D eigenvalue weighted by Gasteiger charge is -2.27. The highest BCUT2D eigenvalue weighted by atomic mass is 19.3. The van der Waals surface area contributed by atoms with E-state index in [1.54, 1.807) is 24.3 Å². The van der Waals surface area contributed by atoms with Gasteiger partial charge in [0.1, 0.15) is 0 Å². The minimum Gasteiger partial charge on any atom is -0.375 e. The molecule has 1 fully saturated rings. The molecule has 1 aliphatic heterocycles. The molecule has 24 heavy (non-hydrogen) atoms. The van der Waals surface area contributed by atoms with Gasteiger partial charge in [0.2, 0.25) is 5.78 Å². The molecular formula is C19H17F2NO2. The number of halogens is 2. The fourth-order valence-corrected chi connectivity index (χ4v) is 3.54. The Bertz CT molecular complexity index is 776. The van der Waals surface area contributed by atoms with Crippen LogP contribution in [0.1, 0.15) is 33.1 Å². The Kier molecular flexibility index (Phi) is 3.70. The first-order valence-corrected chi connectivity index (χ1v) is 8.03. The van der Waals surface area contributed by atoms with Gasteiger partial charge in [-0.2, -0.15) is 8.78 Å². The molecule has 2 aromatic rings. The zero-order valence-corrected chi connectivity index (χ0v) is 13.0. The number of Topliss-reactive ketones (excluding diaryl/α,β-unsaturated/α-hetero) is 1. The summed E-state index contributed by atoms with van der Waals surface area (Å²) in [7, 11) is 0. The van der Waals surface area contributed by atoms with E-state index in [1.165, 1.54) is 24.3 Å². The lowest BCUT2D eigenvalue weighted by molar-refractivity contribution is 0.00492. The van der Waals surface area contributed by atoms with E-state index in [1.807, 2.05) is 0 Å². The first kappa shape index (κ1) is 15.4. The van der Waals surface area contributed by atoms with Gasteiger partial charge < -0.3 is 10.1 Å². The second-order valence-corrected chi connectivity index (χ2v) is 6.23. The van der Waals surface area contributed by atoms with Crippen molar-refractivity contribution in [2.45, 2.75) is 24.5 Å². The molecule has 2 aliphatic rings. The summed E-state index contributed by atoms with van der Waals surface area (Å²) in [5, 5.41) is 3.36. The molecule has 0 radical (unpaired) electrons. The minimum atomic E-state index is -3.54. The number of carbonyl (C=O) groups excluding carboxylic acids is 1. The third kappa shape index (κ3) is 2.44. The van der Waals surface area contributed by atoms with Crippen LogP contribution in [0.4, 0.5) is 8.78 Å². The van der Waals surface area contributed by atoms with Gasteiger partial charge in [0, 0.05) is 24.1 Å². The molecule has 1 heterocycles. The molecule has 1 N–H and O–H groups in total. The number of hydrogen-bond donors (Lipinski definition) is 1. The predicted molar refractivity (Wildman–Crippen MR) is 85.3 cm³/mol. The molecule has 5 heteroatoms. The fourth-order valence-electron chi connectivity index (χ4n) is 3.54. The average molecular weight is 329 g/mol. The maximum absolute atomic E-state index is 14.7. The summed E-state index contributed by atoms with van der Waals surface area (Å²) in [5.74, 6) is -4.72. The average Bonchev–Trinajstić information content (AvgIpc) is 2.99. The van der Waals surface area contributed by atoms with Crippen LogP contribution < -0.4 is 5.32 Å². The maximum Gasteiger partial charge on any atom is 0.334 e. The lowest BCUT2D eigenvalue weighted by Crippen LogP contribution is -2.39. The summed E-state index contributed by atoms with van der Waals surface area (Å²) >= 11 is 0. The van der Waals surface area contributed by atoms with Crippen molar-refractivity contribution < 1.29 is 18.3 Å². The second-order valence-electron chi connectivity index (χ2n) is 6.23. The summed E-state index contributed by atoms with van der Waals surface area (Å²) in [6, 6.07) is 12.3. The topological polar surface area (TPSA) is 38.3 Å². The summed E-state index contributed by atoms with van der Waals surface area (Å²) in [6.07, 6.45) is 0.582. The number of rotatable bonds is 3. The van der Waals surface area contributed by atoms with Crippen LogP contribution in [0.15, 0.2) is 48.5 Å². The van der Waals surface area contributed by atoms with Crippen molar-refractivity contribution in [2.75, 3.05) is 13.2 Å². The largest absolute Gasteiger partial charge is 0.375 e. The Morgan fingerprint density at radius 3 is 2.75 bits per heavy atom. The van der Waals surface area contributed by atoms with E-state index in [-0.39, 0.29) is 23.3 Å². The number of morpholine rings is 1. The van der Waals surface area contributed by atoms with Gasteiger partial charge >= 0.3 is 5.92 Å². The van der Waals surface area contributed by atoms with Crippen LogP contribution in [0.2, 0.25) is 0 Å². The number of nitrogens with one attached hydrogen (secondary N) is 1. The van der Waals surface area contributed by atoms with E-state index in [4.69, 9.17) is 4.74 Å². The van der Waals surface area contributed by atoms with Gasteiger partial charge in [0.15, 0.2) is 0 Å². The Balaban J connectivity index is 1.67. The number of fused-ring (bicyclic) bond motifs is 3. The highest BCUT2D eigenvalue weighted by molar-refractivity contribution is 6.01. The van der Waals surface area contributed by atoms with Crippen molar-refractivity contribution in [3.05, 3.63) is 70.8 Å². The molecule has 3 nitrogen and oxygen atoms in total.